The van der Waals surface area contributed by atoms with Gasteiger partial charge in [0.15, 0.2) is 0 Å². The quantitative estimate of drug-likeness (QED) is 0.366. The van der Waals surface area contributed by atoms with Gasteiger partial charge in [-0.05, 0) is 35.9 Å². The van der Waals surface area contributed by atoms with E-state index in [1.807, 2.05) is 26.8 Å². The van der Waals surface area contributed by atoms with Gasteiger partial charge in [0.2, 0.25) is 5.91 Å². The number of amides is 1. The Kier molecular flexibility index (Phi) is 7.48. The van der Waals surface area contributed by atoms with Crippen LogP contribution in [-0.4, -0.2) is 49.9 Å². The average molecular weight is 502 g/mol. The van der Waals surface area contributed by atoms with Crippen LogP contribution in [0.1, 0.15) is 32.0 Å². The zero-order valence-electron chi connectivity index (χ0n) is 19.8. The van der Waals surface area contributed by atoms with Crippen LogP contribution in [0.5, 0.6) is 0 Å². The van der Waals surface area contributed by atoms with Gasteiger partial charge in [0.05, 0.1) is 12.1 Å². The Morgan fingerprint density at radius 3 is 2.50 bits per heavy atom. The normalized spacial score (nSPS) is 12.2. The maximum atomic E-state index is 13.1. The highest BCUT2D eigenvalue weighted by molar-refractivity contribution is 7.90. The minimum absolute atomic E-state index is 0.0522. The number of aromatic nitrogens is 2. The van der Waals surface area contributed by atoms with Crippen molar-refractivity contribution < 1.29 is 13.2 Å². The van der Waals surface area contributed by atoms with Crippen LogP contribution in [0.2, 0.25) is 5.02 Å². The number of carbonyl (C=O) groups is 1. The molecule has 180 valence electrons. The number of carbonyl (C=O) groups excluding carboxylic acids is 1. The molecule has 0 saturated carbocycles. The topological polar surface area (TPSA) is 108 Å². The first-order chi connectivity index (χ1) is 15.9. The lowest BCUT2D eigenvalue weighted by atomic mass is 9.92. The number of H-pyrrole nitrogens is 1. The van der Waals surface area contributed by atoms with E-state index in [1.54, 1.807) is 50.5 Å². The lowest BCUT2D eigenvalue weighted by Gasteiger charge is -2.14. The van der Waals surface area contributed by atoms with Crippen LogP contribution in [0.25, 0.3) is 11.3 Å². The van der Waals surface area contributed by atoms with Gasteiger partial charge in [0.25, 0.3) is 10.0 Å². The summed E-state index contributed by atoms with van der Waals surface area (Å²) in [4.78, 5) is 14.1. The molecule has 3 rings (SSSR count). The second-order valence-corrected chi connectivity index (χ2v) is 11.1. The molecule has 1 heterocycles. The number of sulfonamides is 1. The van der Waals surface area contributed by atoms with Crippen molar-refractivity contribution in [1.82, 2.24) is 15.1 Å². The molecule has 0 atom stereocenters. The van der Waals surface area contributed by atoms with Crippen molar-refractivity contribution in [3.05, 3.63) is 64.8 Å². The maximum Gasteiger partial charge on any atom is 0.284 e. The highest BCUT2D eigenvalue weighted by atomic mass is 35.5. The van der Waals surface area contributed by atoms with E-state index in [4.69, 9.17) is 11.6 Å². The Bertz CT molecular complexity index is 1320. The van der Waals surface area contributed by atoms with E-state index in [-0.39, 0.29) is 22.6 Å². The summed E-state index contributed by atoms with van der Waals surface area (Å²) < 4.78 is 30.0. The number of halogens is 1. The van der Waals surface area contributed by atoms with Gasteiger partial charge in [-0.1, -0.05) is 50.6 Å². The molecule has 2 aromatic carbocycles. The maximum absolute atomic E-state index is 13.1. The van der Waals surface area contributed by atoms with E-state index in [9.17, 15) is 13.2 Å². The molecule has 0 aliphatic rings. The molecule has 3 aromatic rings. The van der Waals surface area contributed by atoms with Gasteiger partial charge < -0.3 is 10.2 Å². The van der Waals surface area contributed by atoms with E-state index < -0.39 is 10.0 Å². The number of benzene rings is 2. The van der Waals surface area contributed by atoms with Crippen LogP contribution >= 0.6 is 11.6 Å². The molecule has 0 aliphatic heterocycles. The molecule has 1 aromatic heterocycles. The Morgan fingerprint density at radius 2 is 1.88 bits per heavy atom. The van der Waals surface area contributed by atoms with E-state index in [0.29, 0.717) is 27.5 Å². The summed E-state index contributed by atoms with van der Waals surface area (Å²) in [6, 6.07) is 13.5. The van der Waals surface area contributed by atoms with Gasteiger partial charge in [-0.3, -0.25) is 9.89 Å². The van der Waals surface area contributed by atoms with Gasteiger partial charge in [-0.25, -0.2) is 0 Å². The fourth-order valence-electron chi connectivity index (χ4n) is 3.10. The highest BCUT2D eigenvalue weighted by Gasteiger charge is 2.24. The second-order valence-electron chi connectivity index (χ2n) is 9.10. The lowest BCUT2D eigenvalue weighted by Crippen LogP contribution is -2.15. The molecule has 0 radical (unpaired) electrons. The molecular weight excluding hydrogens is 474 g/mol. The molecule has 10 heteroatoms. The number of anilines is 1. The number of hydrogen-bond acceptors (Lipinski definition) is 4. The summed E-state index contributed by atoms with van der Waals surface area (Å²) in [6.45, 7) is 6.09. The van der Waals surface area contributed by atoms with Crippen molar-refractivity contribution in [2.75, 3.05) is 19.4 Å². The molecule has 0 bridgehead atoms. The minimum atomic E-state index is -4.08. The van der Waals surface area contributed by atoms with Crippen molar-refractivity contribution in [2.45, 2.75) is 37.5 Å². The largest absolute Gasteiger partial charge is 0.368 e. The van der Waals surface area contributed by atoms with Crippen LogP contribution < -0.4 is 5.32 Å². The third kappa shape index (κ3) is 6.24. The number of nitrogens with zero attached hydrogens (tertiary/aromatic N) is 3. The lowest BCUT2D eigenvalue weighted by molar-refractivity contribution is -0.115. The molecule has 0 saturated heterocycles. The van der Waals surface area contributed by atoms with E-state index in [1.165, 1.54) is 17.3 Å². The Labute approximate surface area is 205 Å². The van der Waals surface area contributed by atoms with Gasteiger partial charge in [0, 0.05) is 41.5 Å². The van der Waals surface area contributed by atoms with E-state index in [2.05, 4.69) is 19.9 Å². The van der Waals surface area contributed by atoms with Crippen LogP contribution in [0.3, 0.4) is 0 Å². The first-order valence-corrected chi connectivity index (χ1v) is 12.4. The molecule has 34 heavy (non-hydrogen) atoms. The standard InChI is InChI=1S/C24H28ClN5O3S/c1-24(2,3)22-14-20(28-29-22)18-11-10-17(13-21(18)34(32,33)26-15-30(4)5)27-23(31)12-16-8-6-7-9-19(16)25/h6-11,13-15H,12H2,1-5H3,(H,27,31)(H,28,29)/b26-15+. The number of nitrogens with one attached hydrogen (secondary N) is 2. The van der Waals surface area contributed by atoms with Crippen molar-refractivity contribution in [2.24, 2.45) is 4.40 Å². The Morgan fingerprint density at radius 1 is 1.18 bits per heavy atom. The van der Waals surface area contributed by atoms with Crippen molar-refractivity contribution >= 4 is 39.6 Å². The Hall–Kier alpha value is -3.17. The second kappa shape index (κ2) is 9.99. The molecule has 0 unspecified atom stereocenters. The third-order valence-electron chi connectivity index (χ3n) is 4.93. The van der Waals surface area contributed by atoms with Crippen LogP contribution in [-0.2, 0) is 26.7 Å². The molecular formula is C24H28ClN5O3S. The third-order valence-corrected chi connectivity index (χ3v) is 6.56. The first-order valence-electron chi connectivity index (χ1n) is 10.6. The summed E-state index contributed by atoms with van der Waals surface area (Å²) in [7, 11) is -0.732. The zero-order valence-corrected chi connectivity index (χ0v) is 21.3. The molecule has 0 spiro atoms. The Balaban J connectivity index is 2.00. The van der Waals surface area contributed by atoms with Crippen LogP contribution in [0.15, 0.2) is 57.8 Å². The monoisotopic (exact) mass is 501 g/mol. The summed E-state index contributed by atoms with van der Waals surface area (Å²) in [5, 5.41) is 10.5. The van der Waals surface area contributed by atoms with Crippen molar-refractivity contribution in [3.63, 3.8) is 0 Å². The van der Waals surface area contributed by atoms with E-state index >= 15 is 0 Å². The fraction of sp³-hybridized carbons (Fsp3) is 0.292. The van der Waals surface area contributed by atoms with Gasteiger partial charge >= 0.3 is 0 Å². The number of rotatable bonds is 7. The SMILES string of the molecule is CN(C)/C=N/S(=O)(=O)c1cc(NC(=O)Cc2ccccc2Cl)ccc1-c1cc(C(C)(C)C)[nH]n1. The summed E-state index contributed by atoms with van der Waals surface area (Å²) in [5.74, 6) is -0.323. The van der Waals surface area contributed by atoms with Crippen molar-refractivity contribution in [1.29, 1.82) is 0 Å². The first kappa shape index (κ1) is 25.5. The average Bonchev–Trinajstić information content (AvgIpc) is 3.25. The molecule has 0 fully saturated rings. The molecule has 2 N–H and O–H groups in total. The molecule has 1 amide bonds. The van der Waals surface area contributed by atoms with E-state index in [0.717, 1.165) is 5.69 Å². The van der Waals surface area contributed by atoms with Crippen LogP contribution in [0, 0.1) is 0 Å². The summed E-state index contributed by atoms with van der Waals surface area (Å²) in [5.41, 5.74) is 2.52. The smallest absolute Gasteiger partial charge is 0.284 e. The number of hydrogen-bond donors (Lipinski definition) is 2. The highest BCUT2D eigenvalue weighted by Crippen LogP contribution is 2.32. The minimum Gasteiger partial charge on any atom is -0.368 e. The predicted molar refractivity (Wildman–Crippen MR) is 136 cm³/mol. The predicted octanol–water partition coefficient (Wildman–Crippen LogP) is 4.49. The fourth-order valence-corrected chi connectivity index (χ4v) is 4.46. The zero-order chi connectivity index (χ0) is 25.1. The number of aromatic amines is 1. The molecule has 0 aliphatic carbocycles. The van der Waals surface area contributed by atoms with Crippen molar-refractivity contribution in [3.8, 4) is 11.3 Å². The van der Waals surface area contributed by atoms with Gasteiger partial charge in [-0.2, -0.15) is 13.5 Å². The van der Waals surface area contributed by atoms with Crippen LogP contribution in [0.4, 0.5) is 5.69 Å². The summed E-state index contributed by atoms with van der Waals surface area (Å²) in [6.07, 6.45) is 1.27. The summed E-state index contributed by atoms with van der Waals surface area (Å²) >= 11 is 6.15. The van der Waals surface area contributed by atoms with Gasteiger partial charge in [-0.15, -0.1) is 4.40 Å². The van der Waals surface area contributed by atoms with Gasteiger partial charge in [0.1, 0.15) is 11.2 Å². The molecule has 8 nitrogen and oxygen atoms in total.